The SMILES string of the molecule is CC1(NC(=O)Cn2cccc2C(=O)O)CCOC1. The van der Waals surface area contributed by atoms with Gasteiger partial charge in [0, 0.05) is 12.8 Å². The number of rotatable bonds is 4. The van der Waals surface area contributed by atoms with Crippen molar-refractivity contribution in [3.05, 3.63) is 24.0 Å². The molecule has 0 saturated carbocycles. The van der Waals surface area contributed by atoms with E-state index in [9.17, 15) is 9.59 Å². The fourth-order valence-corrected chi connectivity index (χ4v) is 2.04. The van der Waals surface area contributed by atoms with Crippen LogP contribution in [0.3, 0.4) is 0 Å². The predicted octanol–water partition coefficient (Wildman–Crippen LogP) is 0.481. The Morgan fingerprint density at radius 1 is 1.61 bits per heavy atom. The standard InChI is InChI=1S/C12H16N2O4/c1-12(4-6-18-8-12)13-10(15)7-14-5-2-3-9(14)11(16)17/h2-3,5H,4,6-8H2,1H3,(H,13,15)(H,16,17). The van der Waals surface area contributed by atoms with Crippen molar-refractivity contribution in [1.82, 2.24) is 9.88 Å². The molecule has 1 atom stereocenters. The lowest BCUT2D eigenvalue weighted by Crippen LogP contribution is -2.47. The second-order valence-corrected chi connectivity index (χ2v) is 4.74. The maximum Gasteiger partial charge on any atom is 0.352 e. The molecule has 1 amide bonds. The number of ether oxygens (including phenoxy) is 1. The number of nitrogens with one attached hydrogen (secondary N) is 1. The van der Waals surface area contributed by atoms with Gasteiger partial charge < -0.3 is 19.7 Å². The molecule has 1 fully saturated rings. The summed E-state index contributed by atoms with van der Waals surface area (Å²) in [7, 11) is 0. The summed E-state index contributed by atoms with van der Waals surface area (Å²) in [5, 5.41) is 11.8. The van der Waals surface area contributed by atoms with Crippen molar-refractivity contribution in [1.29, 1.82) is 0 Å². The molecule has 1 aromatic heterocycles. The lowest BCUT2D eigenvalue weighted by atomic mass is 10.0. The van der Waals surface area contributed by atoms with Crippen molar-refractivity contribution >= 4 is 11.9 Å². The smallest absolute Gasteiger partial charge is 0.352 e. The summed E-state index contributed by atoms with van der Waals surface area (Å²) in [6.07, 6.45) is 2.35. The summed E-state index contributed by atoms with van der Waals surface area (Å²) < 4.78 is 6.66. The average Bonchev–Trinajstić information content (AvgIpc) is 2.87. The third-order valence-corrected chi connectivity index (χ3v) is 3.02. The third kappa shape index (κ3) is 2.70. The van der Waals surface area contributed by atoms with Crippen molar-refractivity contribution in [2.24, 2.45) is 0 Å². The molecular formula is C12H16N2O4. The van der Waals surface area contributed by atoms with Crippen molar-refractivity contribution in [3.8, 4) is 0 Å². The molecule has 2 heterocycles. The summed E-state index contributed by atoms with van der Waals surface area (Å²) in [6, 6.07) is 3.08. The van der Waals surface area contributed by atoms with Gasteiger partial charge in [-0.2, -0.15) is 0 Å². The van der Waals surface area contributed by atoms with E-state index in [1.54, 1.807) is 12.3 Å². The Bertz CT molecular complexity index is 460. The van der Waals surface area contributed by atoms with Crippen LogP contribution in [0.2, 0.25) is 0 Å². The van der Waals surface area contributed by atoms with E-state index >= 15 is 0 Å². The predicted molar refractivity (Wildman–Crippen MR) is 63.4 cm³/mol. The molecule has 6 heteroatoms. The van der Waals surface area contributed by atoms with Crippen LogP contribution in [0, 0.1) is 0 Å². The molecule has 98 valence electrons. The number of nitrogens with zero attached hydrogens (tertiary/aromatic N) is 1. The number of carboxylic acid groups (broad SMARTS) is 1. The van der Waals surface area contributed by atoms with E-state index in [2.05, 4.69) is 5.32 Å². The molecule has 2 N–H and O–H groups in total. The van der Waals surface area contributed by atoms with E-state index in [4.69, 9.17) is 9.84 Å². The molecular weight excluding hydrogens is 236 g/mol. The number of aromatic carboxylic acids is 1. The molecule has 1 aliphatic rings. The molecule has 1 aliphatic heterocycles. The number of carbonyl (C=O) groups is 2. The minimum Gasteiger partial charge on any atom is -0.477 e. The molecule has 0 aliphatic carbocycles. The first-order chi connectivity index (χ1) is 8.50. The van der Waals surface area contributed by atoms with Crippen molar-refractivity contribution in [2.75, 3.05) is 13.2 Å². The molecule has 0 spiro atoms. The average molecular weight is 252 g/mol. The van der Waals surface area contributed by atoms with Crippen molar-refractivity contribution < 1.29 is 19.4 Å². The molecule has 1 aromatic rings. The topological polar surface area (TPSA) is 80.6 Å². The number of amides is 1. The van der Waals surface area contributed by atoms with E-state index < -0.39 is 5.97 Å². The summed E-state index contributed by atoms with van der Waals surface area (Å²) in [5.74, 6) is -1.25. The van der Waals surface area contributed by atoms with E-state index in [-0.39, 0.29) is 23.7 Å². The molecule has 6 nitrogen and oxygen atoms in total. The quantitative estimate of drug-likeness (QED) is 0.816. The highest BCUT2D eigenvalue weighted by molar-refractivity contribution is 5.87. The van der Waals surface area contributed by atoms with Gasteiger partial charge in [-0.1, -0.05) is 0 Å². The summed E-state index contributed by atoms with van der Waals surface area (Å²) in [6.45, 7) is 3.06. The number of carboxylic acids is 1. The highest BCUT2D eigenvalue weighted by Crippen LogP contribution is 2.17. The zero-order valence-corrected chi connectivity index (χ0v) is 10.2. The van der Waals surface area contributed by atoms with Gasteiger partial charge in [-0.15, -0.1) is 0 Å². The Kier molecular flexibility index (Phi) is 3.38. The lowest BCUT2D eigenvalue weighted by molar-refractivity contribution is -0.123. The van der Waals surface area contributed by atoms with Gasteiger partial charge >= 0.3 is 5.97 Å². The Labute approximate surface area is 105 Å². The first-order valence-electron chi connectivity index (χ1n) is 5.77. The van der Waals surface area contributed by atoms with E-state index in [0.29, 0.717) is 13.2 Å². The third-order valence-electron chi connectivity index (χ3n) is 3.02. The zero-order valence-electron chi connectivity index (χ0n) is 10.2. The van der Waals surface area contributed by atoms with Crippen LogP contribution in [0.4, 0.5) is 0 Å². The normalized spacial score (nSPS) is 22.9. The highest BCUT2D eigenvalue weighted by Gasteiger charge is 2.31. The van der Waals surface area contributed by atoms with E-state index in [0.717, 1.165) is 6.42 Å². The monoisotopic (exact) mass is 252 g/mol. The Hall–Kier alpha value is -1.82. The Balaban J connectivity index is 1.99. The highest BCUT2D eigenvalue weighted by atomic mass is 16.5. The number of hydrogen-bond donors (Lipinski definition) is 2. The van der Waals surface area contributed by atoms with Gasteiger partial charge in [-0.25, -0.2) is 4.79 Å². The van der Waals surface area contributed by atoms with Crippen LogP contribution >= 0.6 is 0 Å². The molecule has 0 bridgehead atoms. The molecule has 1 saturated heterocycles. The summed E-state index contributed by atoms with van der Waals surface area (Å²) >= 11 is 0. The minimum absolute atomic E-state index is 0.00419. The fraction of sp³-hybridized carbons (Fsp3) is 0.500. The van der Waals surface area contributed by atoms with Crippen LogP contribution in [-0.4, -0.2) is 40.3 Å². The van der Waals surface area contributed by atoms with Gasteiger partial charge in [-0.05, 0) is 25.5 Å². The summed E-state index contributed by atoms with van der Waals surface area (Å²) in [4.78, 5) is 22.8. The van der Waals surface area contributed by atoms with Crippen molar-refractivity contribution in [3.63, 3.8) is 0 Å². The van der Waals surface area contributed by atoms with E-state index in [1.807, 2.05) is 6.92 Å². The van der Waals surface area contributed by atoms with E-state index in [1.165, 1.54) is 10.6 Å². The first-order valence-corrected chi connectivity index (χ1v) is 5.77. The molecule has 1 unspecified atom stereocenters. The van der Waals surface area contributed by atoms with Gasteiger partial charge in [0.05, 0.1) is 12.1 Å². The minimum atomic E-state index is -1.04. The number of hydrogen-bond acceptors (Lipinski definition) is 3. The zero-order chi connectivity index (χ0) is 13.2. The van der Waals surface area contributed by atoms with Gasteiger partial charge in [-0.3, -0.25) is 4.79 Å². The number of aromatic nitrogens is 1. The van der Waals surface area contributed by atoms with Crippen LogP contribution in [0.15, 0.2) is 18.3 Å². The summed E-state index contributed by atoms with van der Waals surface area (Å²) in [5.41, 5.74) is -0.230. The maximum atomic E-state index is 11.9. The molecule has 18 heavy (non-hydrogen) atoms. The molecule has 2 rings (SSSR count). The van der Waals surface area contributed by atoms with Crippen molar-refractivity contribution in [2.45, 2.75) is 25.4 Å². The molecule has 0 aromatic carbocycles. The number of carbonyl (C=O) groups excluding carboxylic acids is 1. The van der Waals surface area contributed by atoms with Gasteiger partial charge in [0.1, 0.15) is 12.2 Å². The van der Waals surface area contributed by atoms with Gasteiger partial charge in [0.15, 0.2) is 0 Å². The Morgan fingerprint density at radius 2 is 2.39 bits per heavy atom. The fourth-order valence-electron chi connectivity index (χ4n) is 2.04. The van der Waals surface area contributed by atoms with Crippen LogP contribution in [0.25, 0.3) is 0 Å². The van der Waals surface area contributed by atoms with Gasteiger partial charge in [0.2, 0.25) is 5.91 Å². The second-order valence-electron chi connectivity index (χ2n) is 4.74. The molecule has 0 radical (unpaired) electrons. The van der Waals surface area contributed by atoms with Crippen LogP contribution < -0.4 is 5.32 Å². The van der Waals surface area contributed by atoms with Gasteiger partial charge in [0.25, 0.3) is 0 Å². The first kappa shape index (κ1) is 12.6. The van der Waals surface area contributed by atoms with Crippen LogP contribution in [0.5, 0.6) is 0 Å². The van der Waals surface area contributed by atoms with Crippen LogP contribution in [-0.2, 0) is 16.1 Å². The lowest BCUT2D eigenvalue weighted by Gasteiger charge is -2.23. The Morgan fingerprint density at radius 3 is 3.00 bits per heavy atom. The maximum absolute atomic E-state index is 11.9. The van der Waals surface area contributed by atoms with Crippen LogP contribution in [0.1, 0.15) is 23.8 Å². The largest absolute Gasteiger partial charge is 0.477 e. The second kappa shape index (κ2) is 4.81.